The third kappa shape index (κ3) is 4.23. The van der Waals surface area contributed by atoms with E-state index < -0.39 is 0 Å². The summed E-state index contributed by atoms with van der Waals surface area (Å²) in [6.45, 7) is 8.98. The van der Waals surface area contributed by atoms with Crippen LogP contribution in [0.2, 0.25) is 0 Å². The van der Waals surface area contributed by atoms with Gasteiger partial charge in [0.25, 0.3) is 0 Å². The van der Waals surface area contributed by atoms with Crippen molar-refractivity contribution in [3.63, 3.8) is 0 Å². The molecule has 0 heterocycles. The van der Waals surface area contributed by atoms with E-state index in [0.29, 0.717) is 5.57 Å². The van der Waals surface area contributed by atoms with Gasteiger partial charge in [0.05, 0.1) is 0 Å². The van der Waals surface area contributed by atoms with Crippen LogP contribution in [-0.2, 0) is 0 Å². The first-order valence-corrected chi connectivity index (χ1v) is 9.72. The molecule has 0 aliphatic rings. The molecule has 0 amide bonds. The van der Waals surface area contributed by atoms with Crippen molar-refractivity contribution in [3.8, 4) is 0 Å². The maximum Gasteiger partial charge on any atom is 0.195 e. The predicted octanol–water partition coefficient (Wildman–Crippen LogP) is 6.36. The van der Waals surface area contributed by atoms with Crippen LogP contribution in [0.5, 0.6) is 0 Å². The molecule has 142 valence electrons. The summed E-state index contributed by atoms with van der Waals surface area (Å²) < 4.78 is 0. The summed E-state index contributed by atoms with van der Waals surface area (Å²) in [5, 5.41) is 0. The third-order valence-electron chi connectivity index (χ3n) is 4.95. The van der Waals surface area contributed by atoms with E-state index in [0.717, 1.165) is 34.5 Å². The van der Waals surface area contributed by atoms with Gasteiger partial charge in [0, 0.05) is 29.6 Å². The van der Waals surface area contributed by atoms with Crippen molar-refractivity contribution in [2.75, 3.05) is 11.4 Å². The lowest BCUT2D eigenvalue weighted by Gasteiger charge is -2.21. The average Bonchev–Trinajstić information content (AvgIpc) is 2.69. The standard InChI is InChI=1S/C26H27NO/c1-5-27(23-14-10-7-11-15-23)18-24(22-12-8-6-9-13-22)26(28)25-20(3)16-19(2)17-21(25)4/h6-18H,5H2,1-4H3/b24-18+. The van der Waals surface area contributed by atoms with Gasteiger partial charge in [-0.3, -0.25) is 4.79 Å². The molecule has 0 saturated heterocycles. The zero-order valence-corrected chi connectivity index (χ0v) is 17.1. The quantitative estimate of drug-likeness (QED) is 0.372. The number of hydrogen-bond donors (Lipinski definition) is 0. The fourth-order valence-electron chi connectivity index (χ4n) is 3.68. The molecular formula is C26H27NO. The van der Waals surface area contributed by atoms with E-state index in [4.69, 9.17) is 0 Å². The molecule has 2 nitrogen and oxygen atoms in total. The number of carbonyl (C=O) groups excluding carboxylic acids is 1. The Morgan fingerprint density at radius 2 is 1.39 bits per heavy atom. The number of carbonyl (C=O) groups is 1. The van der Waals surface area contributed by atoms with E-state index in [1.54, 1.807) is 0 Å². The summed E-state index contributed by atoms with van der Waals surface area (Å²) in [7, 11) is 0. The lowest BCUT2D eigenvalue weighted by Crippen LogP contribution is -2.18. The zero-order valence-electron chi connectivity index (χ0n) is 17.1. The number of nitrogens with zero attached hydrogens (tertiary/aromatic N) is 1. The first-order chi connectivity index (χ1) is 13.5. The van der Waals surface area contributed by atoms with Crippen molar-refractivity contribution >= 4 is 17.0 Å². The highest BCUT2D eigenvalue weighted by Gasteiger charge is 2.20. The highest BCUT2D eigenvalue weighted by atomic mass is 16.1. The first-order valence-electron chi connectivity index (χ1n) is 9.72. The van der Waals surface area contributed by atoms with Gasteiger partial charge < -0.3 is 4.90 Å². The van der Waals surface area contributed by atoms with Crippen LogP contribution in [0.1, 0.15) is 39.5 Å². The Bertz CT molecular complexity index is 964. The molecule has 0 radical (unpaired) electrons. The van der Waals surface area contributed by atoms with Gasteiger partial charge in [-0.05, 0) is 56.5 Å². The highest BCUT2D eigenvalue weighted by Crippen LogP contribution is 2.27. The molecule has 0 N–H and O–H groups in total. The van der Waals surface area contributed by atoms with Gasteiger partial charge in [0.2, 0.25) is 0 Å². The molecule has 0 atom stereocenters. The van der Waals surface area contributed by atoms with Crippen LogP contribution in [0.25, 0.3) is 5.57 Å². The summed E-state index contributed by atoms with van der Waals surface area (Å²) >= 11 is 0. The number of para-hydroxylation sites is 1. The van der Waals surface area contributed by atoms with Gasteiger partial charge in [0.1, 0.15) is 0 Å². The molecule has 0 unspecified atom stereocenters. The molecule has 3 aromatic carbocycles. The lowest BCUT2D eigenvalue weighted by molar-refractivity contribution is 0.105. The number of aryl methyl sites for hydroxylation is 3. The molecule has 3 rings (SSSR count). The Hall–Kier alpha value is -3.13. The molecule has 28 heavy (non-hydrogen) atoms. The zero-order chi connectivity index (χ0) is 20.1. The molecular weight excluding hydrogens is 342 g/mol. The van der Waals surface area contributed by atoms with Crippen LogP contribution in [0.4, 0.5) is 5.69 Å². The van der Waals surface area contributed by atoms with Crippen molar-refractivity contribution in [3.05, 3.63) is 107 Å². The fourth-order valence-corrected chi connectivity index (χ4v) is 3.68. The molecule has 3 aromatic rings. The molecule has 2 heteroatoms. The van der Waals surface area contributed by atoms with Crippen LogP contribution >= 0.6 is 0 Å². The van der Waals surface area contributed by atoms with Gasteiger partial charge >= 0.3 is 0 Å². The third-order valence-corrected chi connectivity index (χ3v) is 4.95. The van der Waals surface area contributed by atoms with E-state index in [1.165, 1.54) is 5.56 Å². The number of ketones is 1. The Morgan fingerprint density at radius 3 is 1.93 bits per heavy atom. The fraction of sp³-hybridized carbons (Fsp3) is 0.192. The summed E-state index contributed by atoms with van der Waals surface area (Å²) in [4.78, 5) is 15.8. The largest absolute Gasteiger partial charge is 0.347 e. The molecule has 0 saturated carbocycles. The maximum absolute atomic E-state index is 13.7. The molecule has 0 aromatic heterocycles. The van der Waals surface area contributed by atoms with Crippen molar-refractivity contribution in [2.24, 2.45) is 0 Å². The van der Waals surface area contributed by atoms with Crippen molar-refractivity contribution in [1.82, 2.24) is 0 Å². The Kier molecular flexibility index (Phi) is 6.10. The van der Waals surface area contributed by atoms with E-state index in [1.807, 2.05) is 68.6 Å². The summed E-state index contributed by atoms with van der Waals surface area (Å²) in [6.07, 6.45) is 1.99. The summed E-state index contributed by atoms with van der Waals surface area (Å²) in [5.74, 6) is 0.0654. The van der Waals surface area contributed by atoms with Gasteiger partial charge in [-0.2, -0.15) is 0 Å². The minimum Gasteiger partial charge on any atom is -0.347 e. The number of hydrogen-bond acceptors (Lipinski definition) is 2. The van der Waals surface area contributed by atoms with Crippen LogP contribution in [0, 0.1) is 20.8 Å². The van der Waals surface area contributed by atoms with E-state index in [2.05, 4.69) is 43.0 Å². The Morgan fingerprint density at radius 1 is 0.857 bits per heavy atom. The normalized spacial score (nSPS) is 11.4. The minimum atomic E-state index is 0.0654. The van der Waals surface area contributed by atoms with Gasteiger partial charge in [-0.25, -0.2) is 0 Å². The summed E-state index contributed by atoms with van der Waals surface area (Å²) in [5.41, 5.74) is 6.73. The van der Waals surface area contributed by atoms with E-state index in [-0.39, 0.29) is 5.78 Å². The van der Waals surface area contributed by atoms with Crippen LogP contribution in [0.15, 0.2) is 79.0 Å². The van der Waals surface area contributed by atoms with Gasteiger partial charge in [-0.1, -0.05) is 66.2 Å². The first kappa shape index (κ1) is 19.6. The smallest absolute Gasteiger partial charge is 0.195 e. The summed E-state index contributed by atoms with van der Waals surface area (Å²) in [6, 6.07) is 24.3. The molecule has 0 aliphatic heterocycles. The second kappa shape index (κ2) is 8.71. The van der Waals surface area contributed by atoms with Crippen molar-refractivity contribution < 1.29 is 4.79 Å². The lowest BCUT2D eigenvalue weighted by atomic mass is 9.90. The van der Waals surface area contributed by atoms with Crippen molar-refractivity contribution in [1.29, 1.82) is 0 Å². The Labute approximate surface area is 168 Å². The number of Topliss-reactive ketones (excluding diaryl/α,β-unsaturated/α-hetero) is 1. The number of anilines is 1. The predicted molar refractivity (Wildman–Crippen MR) is 119 cm³/mol. The second-order valence-corrected chi connectivity index (χ2v) is 7.13. The van der Waals surface area contributed by atoms with E-state index >= 15 is 0 Å². The van der Waals surface area contributed by atoms with Crippen LogP contribution in [-0.4, -0.2) is 12.3 Å². The Balaban J connectivity index is 2.14. The average molecular weight is 370 g/mol. The highest BCUT2D eigenvalue weighted by molar-refractivity contribution is 6.30. The number of rotatable bonds is 6. The monoisotopic (exact) mass is 369 g/mol. The topological polar surface area (TPSA) is 20.3 Å². The van der Waals surface area contributed by atoms with E-state index in [9.17, 15) is 4.79 Å². The van der Waals surface area contributed by atoms with Crippen LogP contribution in [0.3, 0.4) is 0 Å². The number of benzene rings is 3. The molecule has 0 bridgehead atoms. The number of allylic oxidation sites excluding steroid dienone is 1. The SMILES string of the molecule is CCN(/C=C(/C(=O)c1c(C)cc(C)cc1C)c1ccccc1)c1ccccc1. The van der Waals surface area contributed by atoms with Crippen LogP contribution < -0.4 is 4.90 Å². The molecule has 0 spiro atoms. The second-order valence-electron chi connectivity index (χ2n) is 7.13. The maximum atomic E-state index is 13.7. The minimum absolute atomic E-state index is 0.0654. The molecule has 0 aliphatic carbocycles. The van der Waals surface area contributed by atoms with Gasteiger partial charge in [-0.15, -0.1) is 0 Å². The van der Waals surface area contributed by atoms with Gasteiger partial charge in [0.15, 0.2) is 5.78 Å². The molecule has 0 fully saturated rings. The van der Waals surface area contributed by atoms with Crippen molar-refractivity contribution in [2.45, 2.75) is 27.7 Å².